The van der Waals surface area contributed by atoms with Crippen molar-refractivity contribution >= 4 is 17.3 Å². The number of carboxylic acids is 1. The van der Waals surface area contributed by atoms with E-state index in [0.717, 1.165) is 18.4 Å². The van der Waals surface area contributed by atoms with Gasteiger partial charge in [0.25, 0.3) is 0 Å². The number of carboxylic acid groups (broad SMARTS) is 1. The maximum Gasteiger partial charge on any atom is 0.328 e. The van der Waals surface area contributed by atoms with Gasteiger partial charge in [0, 0.05) is 11.0 Å². The van der Waals surface area contributed by atoms with Gasteiger partial charge in [-0.1, -0.05) is 35.9 Å². The summed E-state index contributed by atoms with van der Waals surface area (Å²) in [6.07, 6.45) is 2.94. The summed E-state index contributed by atoms with van der Waals surface area (Å²) in [7, 11) is 0. The fraction of sp³-hybridized carbons (Fsp3) is 0.188. The average molecular weight is 272 g/mol. The van der Waals surface area contributed by atoms with Gasteiger partial charge in [-0.25, -0.2) is 4.79 Å². The Morgan fingerprint density at radius 1 is 1.26 bits per heavy atom. The maximum atomic E-state index is 10.5. The van der Waals surface area contributed by atoms with Crippen LogP contribution in [0.2, 0.25) is 0 Å². The molecular formula is C16H16O2S. The zero-order valence-electron chi connectivity index (χ0n) is 10.8. The molecule has 0 spiro atoms. The smallest absolute Gasteiger partial charge is 0.328 e. The van der Waals surface area contributed by atoms with E-state index in [-0.39, 0.29) is 0 Å². The monoisotopic (exact) mass is 272 g/mol. The maximum absolute atomic E-state index is 10.5. The van der Waals surface area contributed by atoms with Crippen LogP contribution in [0.25, 0.3) is 10.4 Å². The van der Waals surface area contributed by atoms with Gasteiger partial charge in [-0.15, -0.1) is 11.3 Å². The van der Waals surface area contributed by atoms with Crippen LogP contribution in [0.4, 0.5) is 0 Å². The minimum atomic E-state index is -0.870. The first-order valence-corrected chi connectivity index (χ1v) is 7.06. The average Bonchev–Trinajstić information content (AvgIpc) is 2.90. The number of allylic oxidation sites excluding steroid dienone is 1. The summed E-state index contributed by atoms with van der Waals surface area (Å²) in [6.45, 7) is 1.86. The van der Waals surface area contributed by atoms with E-state index in [1.807, 2.05) is 13.0 Å². The third kappa shape index (κ3) is 4.07. The minimum Gasteiger partial charge on any atom is -0.478 e. The van der Waals surface area contributed by atoms with E-state index >= 15 is 0 Å². The molecule has 0 fully saturated rings. The van der Waals surface area contributed by atoms with Crippen LogP contribution in [0.3, 0.4) is 0 Å². The second-order valence-corrected chi connectivity index (χ2v) is 5.45. The van der Waals surface area contributed by atoms with E-state index in [1.54, 1.807) is 11.3 Å². The summed E-state index contributed by atoms with van der Waals surface area (Å²) in [5.74, 6) is -0.870. The van der Waals surface area contributed by atoms with E-state index in [2.05, 4.69) is 35.7 Å². The van der Waals surface area contributed by atoms with Crippen LogP contribution in [-0.2, 0) is 11.2 Å². The van der Waals surface area contributed by atoms with E-state index in [0.29, 0.717) is 0 Å². The van der Waals surface area contributed by atoms with Crippen LogP contribution in [0.5, 0.6) is 0 Å². The van der Waals surface area contributed by atoms with Crippen molar-refractivity contribution in [2.45, 2.75) is 19.8 Å². The lowest BCUT2D eigenvalue weighted by atomic mass is 10.0. The number of carbonyl (C=O) groups is 1. The molecule has 1 aromatic carbocycles. The lowest BCUT2D eigenvalue weighted by Crippen LogP contribution is -1.92. The standard InChI is InChI=1S/C16H16O2S/c1-12(11-16(17)18)4-5-13-6-8-14(9-7-13)15-3-2-10-19-15/h2-3,6-11H,4-5H2,1H3,(H,17,18)/b12-11+. The van der Waals surface area contributed by atoms with Gasteiger partial charge < -0.3 is 5.11 Å². The van der Waals surface area contributed by atoms with E-state index < -0.39 is 5.97 Å². The molecule has 0 unspecified atom stereocenters. The topological polar surface area (TPSA) is 37.3 Å². The van der Waals surface area contributed by atoms with Gasteiger partial charge in [0.05, 0.1) is 0 Å². The molecule has 2 rings (SSSR count). The van der Waals surface area contributed by atoms with Crippen molar-refractivity contribution in [1.82, 2.24) is 0 Å². The van der Waals surface area contributed by atoms with Gasteiger partial charge in [0.15, 0.2) is 0 Å². The highest BCUT2D eigenvalue weighted by molar-refractivity contribution is 7.13. The van der Waals surface area contributed by atoms with Crippen molar-refractivity contribution < 1.29 is 9.90 Å². The molecule has 0 atom stereocenters. The fourth-order valence-electron chi connectivity index (χ4n) is 1.90. The molecule has 19 heavy (non-hydrogen) atoms. The highest BCUT2D eigenvalue weighted by Gasteiger charge is 2.00. The Hall–Kier alpha value is -1.87. The van der Waals surface area contributed by atoms with Crippen LogP contribution < -0.4 is 0 Å². The molecule has 2 aromatic rings. The van der Waals surface area contributed by atoms with Gasteiger partial charge in [-0.2, -0.15) is 0 Å². The van der Waals surface area contributed by atoms with E-state index in [1.165, 1.54) is 22.1 Å². The van der Waals surface area contributed by atoms with Crippen molar-refractivity contribution in [2.75, 3.05) is 0 Å². The zero-order chi connectivity index (χ0) is 13.7. The fourth-order valence-corrected chi connectivity index (χ4v) is 2.64. The molecule has 3 heteroatoms. The molecule has 0 aliphatic carbocycles. The number of thiophene rings is 1. The Labute approximate surface area is 117 Å². The summed E-state index contributed by atoms with van der Waals surface area (Å²) >= 11 is 1.73. The number of aliphatic carboxylic acids is 1. The first-order valence-electron chi connectivity index (χ1n) is 6.18. The second kappa shape index (κ2) is 6.34. The molecule has 0 amide bonds. The predicted octanol–water partition coefficient (Wildman–Crippen LogP) is 4.38. The second-order valence-electron chi connectivity index (χ2n) is 4.50. The highest BCUT2D eigenvalue weighted by atomic mass is 32.1. The molecule has 0 aliphatic heterocycles. The Balaban J connectivity index is 1.98. The van der Waals surface area contributed by atoms with Crippen molar-refractivity contribution in [1.29, 1.82) is 0 Å². The number of hydrogen-bond donors (Lipinski definition) is 1. The summed E-state index contributed by atoms with van der Waals surface area (Å²) in [6, 6.07) is 12.6. The summed E-state index contributed by atoms with van der Waals surface area (Å²) in [5.41, 5.74) is 3.37. The largest absolute Gasteiger partial charge is 0.478 e. The first-order chi connectivity index (χ1) is 9.15. The lowest BCUT2D eigenvalue weighted by Gasteiger charge is -2.03. The molecule has 1 N–H and O–H groups in total. The van der Waals surface area contributed by atoms with Gasteiger partial charge >= 0.3 is 5.97 Å². The van der Waals surface area contributed by atoms with Gasteiger partial charge in [0.1, 0.15) is 0 Å². The summed E-state index contributed by atoms with van der Waals surface area (Å²) in [4.78, 5) is 11.8. The van der Waals surface area contributed by atoms with Crippen molar-refractivity contribution in [3.63, 3.8) is 0 Å². The van der Waals surface area contributed by atoms with Crippen LogP contribution in [-0.4, -0.2) is 11.1 Å². The third-order valence-corrected chi connectivity index (χ3v) is 3.86. The molecule has 0 saturated carbocycles. The van der Waals surface area contributed by atoms with Crippen LogP contribution in [0.15, 0.2) is 53.4 Å². The molecule has 0 bridgehead atoms. The van der Waals surface area contributed by atoms with Gasteiger partial charge in [-0.05, 0) is 42.3 Å². The van der Waals surface area contributed by atoms with Gasteiger partial charge in [0.2, 0.25) is 0 Å². The Morgan fingerprint density at radius 2 is 2.00 bits per heavy atom. The number of hydrogen-bond acceptors (Lipinski definition) is 2. The first kappa shape index (κ1) is 13.6. The van der Waals surface area contributed by atoms with Crippen molar-refractivity contribution in [2.24, 2.45) is 0 Å². The van der Waals surface area contributed by atoms with Crippen LogP contribution in [0.1, 0.15) is 18.9 Å². The quantitative estimate of drug-likeness (QED) is 0.820. The molecule has 0 aliphatic rings. The molecule has 1 heterocycles. The van der Waals surface area contributed by atoms with Crippen LogP contribution in [0, 0.1) is 0 Å². The normalized spacial score (nSPS) is 11.5. The predicted molar refractivity (Wildman–Crippen MR) is 79.5 cm³/mol. The Kier molecular flexibility index (Phi) is 4.53. The molecule has 98 valence electrons. The van der Waals surface area contributed by atoms with E-state index in [4.69, 9.17) is 5.11 Å². The van der Waals surface area contributed by atoms with Crippen LogP contribution >= 0.6 is 11.3 Å². The summed E-state index contributed by atoms with van der Waals surface area (Å²) in [5, 5.41) is 10.7. The molecule has 1 aromatic heterocycles. The molecule has 0 saturated heterocycles. The Morgan fingerprint density at radius 3 is 2.58 bits per heavy atom. The third-order valence-electron chi connectivity index (χ3n) is 2.94. The zero-order valence-corrected chi connectivity index (χ0v) is 11.6. The van der Waals surface area contributed by atoms with Crippen molar-refractivity contribution in [3.05, 3.63) is 59.0 Å². The number of aryl methyl sites for hydroxylation is 1. The minimum absolute atomic E-state index is 0.782. The molecule has 2 nitrogen and oxygen atoms in total. The van der Waals surface area contributed by atoms with Crippen molar-refractivity contribution in [3.8, 4) is 10.4 Å². The Bertz CT molecular complexity index is 565. The SMILES string of the molecule is C/C(=C\C(=O)O)CCc1ccc(-c2cccs2)cc1. The molecular weight excluding hydrogens is 256 g/mol. The molecule has 0 radical (unpaired) electrons. The number of benzene rings is 1. The summed E-state index contributed by atoms with van der Waals surface area (Å²) < 4.78 is 0. The van der Waals surface area contributed by atoms with E-state index in [9.17, 15) is 4.79 Å². The number of rotatable bonds is 5. The lowest BCUT2D eigenvalue weighted by molar-refractivity contribution is -0.131. The van der Waals surface area contributed by atoms with Gasteiger partial charge in [-0.3, -0.25) is 0 Å². The highest BCUT2D eigenvalue weighted by Crippen LogP contribution is 2.25.